The summed E-state index contributed by atoms with van der Waals surface area (Å²) in [5.41, 5.74) is 1.16. The molecule has 27 heavy (non-hydrogen) atoms. The van der Waals surface area contributed by atoms with Gasteiger partial charge in [-0.15, -0.1) is 0 Å². The summed E-state index contributed by atoms with van der Waals surface area (Å²) in [5.74, 6) is 1.82. The lowest BCUT2D eigenvalue weighted by Gasteiger charge is -2.30. The first-order valence-corrected chi connectivity index (χ1v) is 10.1. The van der Waals surface area contributed by atoms with Crippen molar-refractivity contribution in [3.05, 3.63) is 24.3 Å². The number of guanidine groups is 1. The number of anilines is 1. The van der Waals surface area contributed by atoms with Crippen molar-refractivity contribution in [2.75, 3.05) is 45.2 Å². The maximum absolute atomic E-state index is 5.51. The molecule has 1 unspecified atom stereocenters. The topological polar surface area (TPSA) is 52.1 Å². The second kappa shape index (κ2) is 10.4. The van der Waals surface area contributed by atoms with Crippen LogP contribution in [0.1, 0.15) is 34.1 Å². The smallest absolute Gasteiger partial charge is 0.191 e. The molecule has 0 spiro atoms. The van der Waals surface area contributed by atoms with Gasteiger partial charge in [-0.1, -0.05) is 12.1 Å². The minimum atomic E-state index is 0.382. The zero-order chi connectivity index (χ0) is 19.8. The highest BCUT2D eigenvalue weighted by Gasteiger charge is 2.25. The van der Waals surface area contributed by atoms with E-state index in [-0.39, 0.29) is 0 Å². The maximum Gasteiger partial charge on any atom is 0.191 e. The lowest BCUT2D eigenvalue weighted by molar-refractivity contribution is 0.178. The lowest BCUT2D eigenvalue weighted by Crippen LogP contribution is -2.48. The predicted octanol–water partition coefficient (Wildman–Crippen LogP) is 2.56. The Morgan fingerprint density at radius 1 is 1.26 bits per heavy atom. The zero-order valence-electron chi connectivity index (χ0n) is 17.8. The Hall–Kier alpha value is -1.95. The van der Waals surface area contributed by atoms with Gasteiger partial charge in [-0.05, 0) is 46.2 Å². The fourth-order valence-electron chi connectivity index (χ4n) is 3.79. The van der Waals surface area contributed by atoms with Gasteiger partial charge in [-0.2, -0.15) is 0 Å². The molecule has 152 valence electrons. The number of aliphatic imine (C=N–C) groups is 1. The van der Waals surface area contributed by atoms with Gasteiger partial charge in [0, 0.05) is 51.4 Å². The Morgan fingerprint density at radius 2 is 1.96 bits per heavy atom. The molecule has 2 rings (SSSR count). The van der Waals surface area contributed by atoms with E-state index in [4.69, 9.17) is 4.74 Å². The molecule has 1 saturated heterocycles. The number of hydrogen-bond acceptors (Lipinski definition) is 4. The van der Waals surface area contributed by atoms with E-state index in [0.717, 1.165) is 50.0 Å². The van der Waals surface area contributed by atoms with Crippen LogP contribution in [0.5, 0.6) is 5.75 Å². The molecule has 2 N–H and O–H groups in total. The lowest BCUT2D eigenvalue weighted by atomic mass is 10.2. The number of nitrogens with one attached hydrogen (secondary N) is 2. The van der Waals surface area contributed by atoms with Crippen molar-refractivity contribution in [1.82, 2.24) is 15.5 Å². The third-order valence-corrected chi connectivity index (χ3v) is 5.17. The van der Waals surface area contributed by atoms with Gasteiger partial charge in [0.1, 0.15) is 5.75 Å². The van der Waals surface area contributed by atoms with E-state index in [9.17, 15) is 0 Å². The molecule has 6 heteroatoms. The normalized spacial score (nSPS) is 17.9. The van der Waals surface area contributed by atoms with Crippen molar-refractivity contribution in [3.63, 3.8) is 0 Å². The molecule has 1 heterocycles. The molecule has 1 aromatic rings. The molecule has 1 aliphatic heterocycles. The molecule has 6 nitrogen and oxygen atoms in total. The van der Waals surface area contributed by atoms with Gasteiger partial charge in [0.25, 0.3) is 0 Å². The molecule has 1 fully saturated rings. The van der Waals surface area contributed by atoms with Crippen LogP contribution in [-0.4, -0.2) is 69.3 Å². The maximum atomic E-state index is 5.51. The van der Waals surface area contributed by atoms with Crippen LogP contribution in [-0.2, 0) is 0 Å². The van der Waals surface area contributed by atoms with Crippen molar-refractivity contribution in [1.29, 1.82) is 0 Å². The van der Waals surface area contributed by atoms with Crippen LogP contribution in [0.15, 0.2) is 29.3 Å². The van der Waals surface area contributed by atoms with Gasteiger partial charge in [0.15, 0.2) is 5.96 Å². The van der Waals surface area contributed by atoms with Crippen molar-refractivity contribution in [3.8, 4) is 5.75 Å². The predicted molar refractivity (Wildman–Crippen MR) is 115 cm³/mol. The van der Waals surface area contributed by atoms with Gasteiger partial charge in [0.2, 0.25) is 0 Å². The number of hydrogen-bond donors (Lipinski definition) is 2. The molecule has 0 aliphatic carbocycles. The molecule has 1 aromatic carbocycles. The van der Waals surface area contributed by atoms with Crippen LogP contribution in [0.4, 0.5) is 5.69 Å². The molecule has 0 radical (unpaired) electrons. The van der Waals surface area contributed by atoms with E-state index in [0.29, 0.717) is 18.1 Å². The second-order valence-electron chi connectivity index (χ2n) is 7.67. The fourth-order valence-corrected chi connectivity index (χ4v) is 3.79. The van der Waals surface area contributed by atoms with Crippen LogP contribution < -0.4 is 20.3 Å². The summed E-state index contributed by atoms with van der Waals surface area (Å²) in [4.78, 5) is 9.27. The average Bonchev–Trinajstić information content (AvgIpc) is 3.11. The minimum absolute atomic E-state index is 0.382. The number of benzene rings is 1. The monoisotopic (exact) mass is 375 g/mol. The highest BCUT2D eigenvalue weighted by Crippen LogP contribution is 2.30. The SMILES string of the molecule is CN=C(NCCN(C(C)C)C(C)C)NC1CCN(c2ccccc2OC)C1. The van der Waals surface area contributed by atoms with Crippen LogP contribution in [0.3, 0.4) is 0 Å². The third kappa shape index (κ3) is 6.03. The first-order valence-electron chi connectivity index (χ1n) is 10.1. The Bertz CT molecular complexity index is 594. The summed E-state index contributed by atoms with van der Waals surface area (Å²) >= 11 is 0. The zero-order valence-corrected chi connectivity index (χ0v) is 17.8. The minimum Gasteiger partial charge on any atom is -0.495 e. The van der Waals surface area contributed by atoms with Gasteiger partial charge >= 0.3 is 0 Å². The van der Waals surface area contributed by atoms with E-state index >= 15 is 0 Å². The molecule has 1 aliphatic rings. The summed E-state index contributed by atoms with van der Waals surface area (Å²) in [7, 11) is 3.57. The molecule has 0 bridgehead atoms. The average molecular weight is 376 g/mol. The third-order valence-electron chi connectivity index (χ3n) is 5.17. The summed E-state index contributed by atoms with van der Waals surface area (Å²) in [6, 6.07) is 9.70. The quantitative estimate of drug-likeness (QED) is 0.540. The van der Waals surface area contributed by atoms with Gasteiger partial charge in [0.05, 0.1) is 12.8 Å². The Morgan fingerprint density at radius 3 is 2.59 bits per heavy atom. The number of rotatable bonds is 8. The standard InChI is InChI=1S/C21H37N5O/c1-16(2)26(17(3)4)14-12-23-21(22-5)24-18-11-13-25(15-18)19-9-7-8-10-20(19)27-6/h7-10,16-18H,11-15H2,1-6H3,(H2,22,23,24). The van der Waals surface area contributed by atoms with Gasteiger partial charge < -0.3 is 20.3 Å². The number of para-hydroxylation sites is 2. The van der Waals surface area contributed by atoms with Crippen LogP contribution in [0.2, 0.25) is 0 Å². The van der Waals surface area contributed by atoms with Crippen LogP contribution in [0, 0.1) is 0 Å². The first-order chi connectivity index (χ1) is 13.0. The molecule has 0 saturated carbocycles. The molecule has 1 atom stereocenters. The Labute approximate surface area is 165 Å². The molecular formula is C21H37N5O. The van der Waals surface area contributed by atoms with E-state index < -0.39 is 0 Å². The van der Waals surface area contributed by atoms with Gasteiger partial charge in [-0.3, -0.25) is 9.89 Å². The summed E-state index contributed by atoms with van der Waals surface area (Å²) in [6.07, 6.45) is 1.09. The number of methoxy groups -OCH3 is 1. The molecular weight excluding hydrogens is 338 g/mol. The van der Waals surface area contributed by atoms with Crippen molar-refractivity contribution >= 4 is 11.6 Å². The summed E-state index contributed by atoms with van der Waals surface area (Å²) in [5, 5.41) is 7.04. The number of ether oxygens (including phenoxy) is 1. The highest BCUT2D eigenvalue weighted by molar-refractivity contribution is 5.80. The van der Waals surface area contributed by atoms with Crippen molar-refractivity contribution in [2.45, 2.75) is 52.2 Å². The fraction of sp³-hybridized carbons (Fsp3) is 0.667. The first kappa shape index (κ1) is 21.4. The molecule has 0 aromatic heterocycles. The van der Waals surface area contributed by atoms with Gasteiger partial charge in [-0.25, -0.2) is 0 Å². The number of nitrogens with zero attached hydrogens (tertiary/aromatic N) is 3. The summed E-state index contributed by atoms with van der Waals surface area (Å²) in [6.45, 7) is 12.9. The van der Waals surface area contributed by atoms with E-state index in [1.54, 1.807) is 7.11 Å². The Kier molecular flexibility index (Phi) is 8.23. The largest absolute Gasteiger partial charge is 0.495 e. The summed E-state index contributed by atoms with van der Waals surface area (Å²) < 4.78 is 5.51. The van der Waals surface area contributed by atoms with E-state index in [1.807, 2.05) is 19.2 Å². The van der Waals surface area contributed by atoms with E-state index in [2.05, 4.69) is 65.3 Å². The van der Waals surface area contributed by atoms with E-state index in [1.165, 1.54) is 0 Å². The molecule has 0 amide bonds. The van der Waals surface area contributed by atoms with Crippen molar-refractivity contribution < 1.29 is 4.74 Å². The van der Waals surface area contributed by atoms with Crippen LogP contribution in [0.25, 0.3) is 0 Å². The van der Waals surface area contributed by atoms with Crippen molar-refractivity contribution in [2.24, 2.45) is 4.99 Å². The highest BCUT2D eigenvalue weighted by atomic mass is 16.5. The van der Waals surface area contributed by atoms with Crippen LogP contribution >= 0.6 is 0 Å². The second-order valence-corrected chi connectivity index (χ2v) is 7.67. The Balaban J connectivity index is 1.83.